The van der Waals surface area contributed by atoms with Gasteiger partial charge in [0.2, 0.25) is 5.95 Å². The Morgan fingerprint density at radius 3 is 2.65 bits per heavy atom. The average Bonchev–Trinajstić information content (AvgIpc) is 3.25. The zero-order valence-corrected chi connectivity index (χ0v) is 19.3. The Bertz CT molecular complexity index is 1300. The molecule has 1 N–H and O–H groups in total. The summed E-state index contributed by atoms with van der Waals surface area (Å²) >= 11 is 6.08. The third-order valence-corrected chi connectivity index (χ3v) is 6.71. The lowest BCUT2D eigenvalue weighted by molar-refractivity contribution is -0.116. The standard InChI is InChI=1S/C25H23ClN4O4/c1-32-13-22-28-25-27-18-10-16(14-2-5-17(26)6-3-14)11-19(31)23(18)24(30(25)29-22)15-4-7-20-21(12-15)34-9-8-33-20/h2-7,12,16,24H,8-11,13H2,1H3,(H,27,28,29). The van der Waals surface area contributed by atoms with E-state index in [0.29, 0.717) is 59.9 Å². The molecule has 6 rings (SSSR count). The smallest absolute Gasteiger partial charge is 0.226 e. The molecule has 1 aromatic heterocycles. The molecular weight excluding hydrogens is 456 g/mol. The van der Waals surface area contributed by atoms with Crippen molar-refractivity contribution in [2.75, 3.05) is 25.6 Å². The van der Waals surface area contributed by atoms with E-state index in [4.69, 9.17) is 25.8 Å². The van der Waals surface area contributed by atoms with Gasteiger partial charge >= 0.3 is 0 Å². The van der Waals surface area contributed by atoms with Gasteiger partial charge in [0, 0.05) is 29.8 Å². The summed E-state index contributed by atoms with van der Waals surface area (Å²) in [6.07, 6.45) is 1.11. The van der Waals surface area contributed by atoms with Crippen molar-refractivity contribution >= 4 is 23.3 Å². The van der Waals surface area contributed by atoms with Crippen molar-refractivity contribution in [1.29, 1.82) is 0 Å². The molecular formula is C25H23ClN4O4. The molecule has 174 valence electrons. The molecule has 2 unspecified atom stereocenters. The maximum absolute atomic E-state index is 13.6. The normalized spacial score (nSPS) is 21.1. The molecule has 2 aromatic carbocycles. The predicted molar refractivity (Wildman–Crippen MR) is 125 cm³/mol. The van der Waals surface area contributed by atoms with E-state index >= 15 is 0 Å². The van der Waals surface area contributed by atoms with Gasteiger partial charge in [-0.1, -0.05) is 29.8 Å². The number of hydrogen-bond donors (Lipinski definition) is 1. The highest BCUT2D eigenvalue weighted by Crippen LogP contribution is 2.45. The first-order valence-electron chi connectivity index (χ1n) is 11.2. The van der Waals surface area contributed by atoms with Crippen LogP contribution in [-0.2, 0) is 16.1 Å². The quantitative estimate of drug-likeness (QED) is 0.599. The van der Waals surface area contributed by atoms with Gasteiger partial charge in [-0.3, -0.25) is 4.79 Å². The van der Waals surface area contributed by atoms with Gasteiger partial charge in [0.05, 0.1) is 0 Å². The first-order valence-corrected chi connectivity index (χ1v) is 11.6. The van der Waals surface area contributed by atoms with Crippen molar-refractivity contribution < 1.29 is 19.0 Å². The third kappa shape index (κ3) is 3.63. The van der Waals surface area contributed by atoms with Crippen LogP contribution in [0.5, 0.6) is 11.5 Å². The summed E-state index contributed by atoms with van der Waals surface area (Å²) in [5.41, 5.74) is 3.57. The van der Waals surface area contributed by atoms with E-state index in [1.807, 2.05) is 42.5 Å². The van der Waals surface area contributed by atoms with Crippen LogP contribution in [0, 0.1) is 0 Å². The van der Waals surface area contributed by atoms with Gasteiger partial charge in [0.25, 0.3) is 0 Å². The minimum atomic E-state index is -0.418. The van der Waals surface area contributed by atoms with Crippen molar-refractivity contribution in [2.45, 2.75) is 31.4 Å². The van der Waals surface area contributed by atoms with Gasteiger partial charge in [-0.25, -0.2) is 4.68 Å². The number of ether oxygens (including phenoxy) is 3. The molecule has 3 heterocycles. The zero-order chi connectivity index (χ0) is 23.2. The number of halogens is 1. The summed E-state index contributed by atoms with van der Waals surface area (Å²) in [6, 6.07) is 13.1. The van der Waals surface area contributed by atoms with E-state index in [9.17, 15) is 4.79 Å². The highest BCUT2D eigenvalue weighted by Gasteiger charge is 2.40. The van der Waals surface area contributed by atoms with Gasteiger partial charge < -0.3 is 19.5 Å². The summed E-state index contributed by atoms with van der Waals surface area (Å²) in [5, 5.41) is 8.74. The second kappa shape index (κ2) is 8.45. The third-order valence-electron chi connectivity index (χ3n) is 6.46. The molecule has 2 aliphatic heterocycles. The number of Topliss-reactive ketones (excluding diaryl/α,β-unsaturated/α-hetero) is 1. The number of carbonyl (C=O) groups is 1. The fourth-order valence-corrected chi connectivity index (χ4v) is 5.08. The number of rotatable bonds is 4. The van der Waals surface area contributed by atoms with Crippen LogP contribution in [0.2, 0.25) is 5.02 Å². The number of carbonyl (C=O) groups excluding carboxylic acids is 1. The Kier molecular flexibility index (Phi) is 5.27. The van der Waals surface area contributed by atoms with Crippen molar-refractivity contribution in [1.82, 2.24) is 14.8 Å². The summed E-state index contributed by atoms with van der Waals surface area (Å²) < 4.78 is 18.5. The lowest BCUT2D eigenvalue weighted by Gasteiger charge is -2.35. The Labute approximate surface area is 201 Å². The Morgan fingerprint density at radius 1 is 1.09 bits per heavy atom. The average molecular weight is 479 g/mol. The maximum atomic E-state index is 13.6. The molecule has 3 aliphatic rings. The van der Waals surface area contributed by atoms with Crippen molar-refractivity contribution in [3.63, 3.8) is 0 Å². The Balaban J connectivity index is 1.44. The minimum Gasteiger partial charge on any atom is -0.486 e. The van der Waals surface area contributed by atoms with Gasteiger partial charge in [-0.15, -0.1) is 0 Å². The van der Waals surface area contributed by atoms with Crippen LogP contribution in [0.3, 0.4) is 0 Å². The monoisotopic (exact) mass is 478 g/mol. The molecule has 2 atom stereocenters. The van der Waals surface area contributed by atoms with E-state index in [1.165, 1.54) is 0 Å². The lowest BCUT2D eigenvalue weighted by atomic mass is 9.78. The largest absolute Gasteiger partial charge is 0.486 e. The number of hydrogen-bond acceptors (Lipinski definition) is 7. The zero-order valence-electron chi connectivity index (χ0n) is 18.6. The number of benzene rings is 2. The SMILES string of the molecule is COCc1nc2n(n1)C(c1ccc3c(c1)OCCO3)C1=C(CC(c3ccc(Cl)cc3)CC1=O)N2. The fourth-order valence-electron chi connectivity index (χ4n) is 4.96. The number of nitrogens with zero attached hydrogens (tertiary/aromatic N) is 3. The van der Waals surface area contributed by atoms with Gasteiger partial charge in [-0.2, -0.15) is 10.1 Å². The number of ketones is 1. The Hall–Kier alpha value is -3.36. The van der Waals surface area contributed by atoms with Crippen LogP contribution < -0.4 is 14.8 Å². The summed E-state index contributed by atoms with van der Waals surface area (Å²) in [4.78, 5) is 18.3. The number of methoxy groups -OCH3 is 1. The van der Waals surface area contributed by atoms with Crippen molar-refractivity contribution in [2.24, 2.45) is 0 Å². The van der Waals surface area contributed by atoms with Crippen LogP contribution in [0.15, 0.2) is 53.7 Å². The van der Waals surface area contributed by atoms with E-state index < -0.39 is 6.04 Å². The molecule has 3 aromatic rings. The molecule has 9 heteroatoms. The van der Waals surface area contributed by atoms with Gasteiger partial charge in [0.1, 0.15) is 25.9 Å². The highest BCUT2D eigenvalue weighted by molar-refractivity contribution is 6.30. The van der Waals surface area contributed by atoms with Crippen LogP contribution in [-0.4, -0.2) is 40.9 Å². The predicted octanol–water partition coefficient (Wildman–Crippen LogP) is 4.26. The molecule has 8 nitrogen and oxygen atoms in total. The molecule has 0 saturated heterocycles. The first-order chi connectivity index (χ1) is 16.6. The molecule has 34 heavy (non-hydrogen) atoms. The van der Waals surface area contributed by atoms with Gasteiger partial charge in [0.15, 0.2) is 23.1 Å². The molecule has 0 spiro atoms. The van der Waals surface area contributed by atoms with Gasteiger partial charge in [-0.05, 0) is 47.7 Å². The second-order valence-electron chi connectivity index (χ2n) is 8.63. The summed E-state index contributed by atoms with van der Waals surface area (Å²) in [7, 11) is 1.61. The number of allylic oxidation sites excluding steroid dienone is 2. The molecule has 0 saturated carbocycles. The first kappa shape index (κ1) is 21.2. The summed E-state index contributed by atoms with van der Waals surface area (Å²) in [6.45, 7) is 1.29. The van der Waals surface area contributed by atoms with E-state index in [0.717, 1.165) is 16.8 Å². The van der Waals surface area contributed by atoms with Crippen LogP contribution in [0.1, 0.15) is 41.8 Å². The number of aromatic nitrogens is 3. The maximum Gasteiger partial charge on any atom is 0.226 e. The van der Waals surface area contributed by atoms with E-state index in [-0.39, 0.29) is 18.3 Å². The molecule has 0 bridgehead atoms. The number of fused-ring (bicyclic) bond motifs is 2. The molecule has 0 fully saturated rings. The molecule has 0 amide bonds. The van der Waals surface area contributed by atoms with Crippen molar-refractivity contribution in [3.8, 4) is 11.5 Å². The number of anilines is 1. The lowest BCUT2D eigenvalue weighted by Crippen LogP contribution is -2.33. The highest BCUT2D eigenvalue weighted by atomic mass is 35.5. The van der Waals surface area contributed by atoms with Crippen LogP contribution >= 0.6 is 11.6 Å². The van der Waals surface area contributed by atoms with Crippen LogP contribution in [0.25, 0.3) is 0 Å². The van der Waals surface area contributed by atoms with Crippen LogP contribution in [0.4, 0.5) is 5.95 Å². The summed E-state index contributed by atoms with van der Waals surface area (Å²) in [5.74, 6) is 2.66. The van der Waals surface area contributed by atoms with Crippen molar-refractivity contribution in [3.05, 3.63) is 75.7 Å². The minimum absolute atomic E-state index is 0.0600. The number of nitrogens with one attached hydrogen (secondary N) is 1. The van der Waals surface area contributed by atoms with E-state index in [1.54, 1.807) is 11.8 Å². The topological polar surface area (TPSA) is 87.5 Å². The Morgan fingerprint density at radius 2 is 1.85 bits per heavy atom. The van der Waals surface area contributed by atoms with E-state index in [2.05, 4.69) is 15.4 Å². The molecule has 0 radical (unpaired) electrons. The molecule has 1 aliphatic carbocycles. The second-order valence-corrected chi connectivity index (χ2v) is 9.07. The fraction of sp³-hybridized carbons (Fsp3) is 0.320.